The van der Waals surface area contributed by atoms with Gasteiger partial charge >= 0.3 is 11.7 Å². The van der Waals surface area contributed by atoms with Gasteiger partial charge in [0.2, 0.25) is 5.82 Å². The Hall–Kier alpha value is -3.35. The van der Waals surface area contributed by atoms with Gasteiger partial charge in [-0.05, 0) is 6.07 Å². The highest BCUT2D eigenvalue weighted by molar-refractivity contribution is 5.86. The Morgan fingerprint density at radius 1 is 1.53 bits per heavy atom. The van der Waals surface area contributed by atoms with Crippen LogP contribution in [0.4, 0.5) is 5.69 Å². The molecule has 0 atom stereocenters. The summed E-state index contributed by atoms with van der Waals surface area (Å²) in [6, 6.07) is 3.65. The molecule has 0 amide bonds. The van der Waals surface area contributed by atoms with E-state index in [4.69, 9.17) is 10.4 Å². The normalized spacial score (nSPS) is 9.84. The minimum Gasteiger partial charge on any atom is -0.477 e. The number of carbonyl (C=O) groups is 1. The summed E-state index contributed by atoms with van der Waals surface area (Å²) in [6.07, 6.45) is 1.04. The molecule has 0 spiro atoms. The van der Waals surface area contributed by atoms with E-state index in [1.807, 2.05) is 0 Å². The number of aromatic nitrogens is 4. The fourth-order valence-corrected chi connectivity index (χ4v) is 1.29. The highest BCUT2D eigenvalue weighted by atomic mass is 16.6. The number of rotatable bonds is 3. The van der Waals surface area contributed by atoms with Crippen molar-refractivity contribution in [3.63, 3.8) is 0 Å². The predicted molar refractivity (Wildman–Crippen MR) is 57.5 cm³/mol. The second-order valence-corrected chi connectivity index (χ2v) is 3.23. The van der Waals surface area contributed by atoms with Crippen LogP contribution >= 0.6 is 0 Å². The first-order chi connectivity index (χ1) is 9.02. The number of hydrogen-bond acceptors (Lipinski definition) is 7. The SMILES string of the molecule is N#Cc1ncn(-c2nc(C(=O)O)ccc2[N+](=O)[O-])n1. The lowest BCUT2D eigenvalue weighted by Gasteiger charge is -2.02. The third-order valence-electron chi connectivity index (χ3n) is 2.08. The Kier molecular flexibility index (Phi) is 2.86. The average molecular weight is 260 g/mol. The molecule has 2 rings (SSSR count). The van der Waals surface area contributed by atoms with Crippen LogP contribution in [0.15, 0.2) is 18.5 Å². The monoisotopic (exact) mass is 260 g/mol. The van der Waals surface area contributed by atoms with Crippen LogP contribution in [-0.2, 0) is 0 Å². The molecule has 2 heterocycles. The summed E-state index contributed by atoms with van der Waals surface area (Å²) in [6.45, 7) is 0. The van der Waals surface area contributed by atoms with Gasteiger partial charge in [-0.25, -0.2) is 14.8 Å². The fraction of sp³-hybridized carbons (Fsp3) is 0. The summed E-state index contributed by atoms with van der Waals surface area (Å²) >= 11 is 0. The molecular formula is C9H4N6O4. The molecule has 0 saturated carbocycles. The first kappa shape index (κ1) is 12.1. The smallest absolute Gasteiger partial charge is 0.354 e. The second-order valence-electron chi connectivity index (χ2n) is 3.23. The van der Waals surface area contributed by atoms with Crippen molar-refractivity contribution in [2.24, 2.45) is 0 Å². The molecule has 0 fully saturated rings. The van der Waals surface area contributed by atoms with E-state index in [-0.39, 0.29) is 17.3 Å². The van der Waals surface area contributed by atoms with E-state index in [1.165, 1.54) is 0 Å². The van der Waals surface area contributed by atoms with E-state index in [0.29, 0.717) is 0 Å². The first-order valence-electron chi connectivity index (χ1n) is 4.74. The molecule has 0 aliphatic rings. The summed E-state index contributed by atoms with van der Waals surface area (Å²) in [7, 11) is 0. The maximum atomic E-state index is 10.8. The Morgan fingerprint density at radius 3 is 2.79 bits per heavy atom. The molecule has 0 radical (unpaired) electrons. The summed E-state index contributed by atoms with van der Waals surface area (Å²) in [5, 5.41) is 31.9. The Labute approximate surface area is 104 Å². The van der Waals surface area contributed by atoms with E-state index >= 15 is 0 Å². The lowest BCUT2D eigenvalue weighted by atomic mass is 10.3. The first-order valence-corrected chi connectivity index (χ1v) is 4.74. The van der Waals surface area contributed by atoms with Crippen LogP contribution < -0.4 is 0 Å². The van der Waals surface area contributed by atoms with Crippen molar-refractivity contribution < 1.29 is 14.8 Å². The minimum absolute atomic E-state index is 0.211. The van der Waals surface area contributed by atoms with Crippen LogP contribution in [0.25, 0.3) is 5.82 Å². The average Bonchev–Trinajstić information content (AvgIpc) is 2.86. The van der Waals surface area contributed by atoms with Crippen LogP contribution in [0.5, 0.6) is 0 Å². The van der Waals surface area contributed by atoms with Gasteiger partial charge in [0.25, 0.3) is 5.82 Å². The molecule has 10 heteroatoms. The summed E-state index contributed by atoms with van der Waals surface area (Å²) in [5.74, 6) is -1.87. The molecule has 0 aliphatic heterocycles. The van der Waals surface area contributed by atoms with Crippen LogP contribution in [0.1, 0.15) is 16.3 Å². The highest BCUT2D eigenvalue weighted by Gasteiger charge is 2.21. The largest absolute Gasteiger partial charge is 0.477 e. The Balaban J connectivity index is 2.64. The molecule has 0 aromatic carbocycles. The third-order valence-corrected chi connectivity index (χ3v) is 2.08. The van der Waals surface area contributed by atoms with Crippen molar-refractivity contribution in [1.29, 1.82) is 5.26 Å². The van der Waals surface area contributed by atoms with Crippen molar-refractivity contribution in [3.8, 4) is 11.9 Å². The summed E-state index contributed by atoms with van der Waals surface area (Å²) < 4.78 is 0.878. The van der Waals surface area contributed by atoms with Gasteiger partial charge in [-0.3, -0.25) is 10.1 Å². The molecule has 2 aromatic rings. The van der Waals surface area contributed by atoms with E-state index < -0.39 is 16.6 Å². The molecule has 0 bridgehead atoms. The zero-order valence-corrected chi connectivity index (χ0v) is 9.09. The van der Waals surface area contributed by atoms with Crippen molar-refractivity contribution in [2.75, 3.05) is 0 Å². The number of nitriles is 1. The van der Waals surface area contributed by atoms with E-state index in [0.717, 1.165) is 23.1 Å². The number of nitro groups is 1. The second kappa shape index (κ2) is 4.49. The third kappa shape index (κ3) is 2.20. The molecule has 0 unspecified atom stereocenters. The van der Waals surface area contributed by atoms with Gasteiger partial charge in [0.15, 0.2) is 5.69 Å². The van der Waals surface area contributed by atoms with Gasteiger partial charge in [0.05, 0.1) is 4.92 Å². The number of carboxylic acid groups (broad SMARTS) is 1. The maximum absolute atomic E-state index is 10.8. The van der Waals surface area contributed by atoms with E-state index in [2.05, 4.69) is 15.1 Å². The van der Waals surface area contributed by atoms with Crippen LogP contribution in [0, 0.1) is 21.4 Å². The van der Waals surface area contributed by atoms with E-state index in [9.17, 15) is 14.9 Å². The fourth-order valence-electron chi connectivity index (χ4n) is 1.29. The molecule has 2 aromatic heterocycles. The number of carboxylic acids is 1. The van der Waals surface area contributed by atoms with Crippen molar-refractivity contribution in [1.82, 2.24) is 19.7 Å². The molecular weight excluding hydrogens is 256 g/mol. The molecule has 94 valence electrons. The van der Waals surface area contributed by atoms with Gasteiger partial charge in [-0.1, -0.05) is 0 Å². The quantitative estimate of drug-likeness (QED) is 0.605. The summed E-state index contributed by atoms with van der Waals surface area (Å²) in [5.41, 5.74) is -0.825. The topological polar surface area (TPSA) is 148 Å². The maximum Gasteiger partial charge on any atom is 0.354 e. The van der Waals surface area contributed by atoms with Crippen LogP contribution in [-0.4, -0.2) is 35.7 Å². The van der Waals surface area contributed by atoms with Gasteiger partial charge < -0.3 is 5.11 Å². The number of pyridine rings is 1. The lowest BCUT2D eigenvalue weighted by Crippen LogP contribution is -2.08. The summed E-state index contributed by atoms with van der Waals surface area (Å²) in [4.78, 5) is 28.1. The van der Waals surface area contributed by atoms with Gasteiger partial charge in [-0.2, -0.15) is 9.94 Å². The molecule has 10 nitrogen and oxygen atoms in total. The lowest BCUT2D eigenvalue weighted by molar-refractivity contribution is -0.384. The standard InChI is InChI=1S/C9H4N6O4/c10-3-7-11-4-14(13-7)8-6(15(18)19)2-1-5(12-8)9(16)17/h1-2,4H,(H,16,17). The predicted octanol–water partition coefficient (Wildman–Crippen LogP) is 0.140. The van der Waals surface area contributed by atoms with Crippen LogP contribution in [0.2, 0.25) is 0 Å². The van der Waals surface area contributed by atoms with Crippen LogP contribution in [0.3, 0.4) is 0 Å². The molecule has 1 N–H and O–H groups in total. The Morgan fingerprint density at radius 2 is 2.26 bits per heavy atom. The van der Waals surface area contributed by atoms with Crippen molar-refractivity contribution in [3.05, 3.63) is 40.1 Å². The highest BCUT2D eigenvalue weighted by Crippen LogP contribution is 2.20. The van der Waals surface area contributed by atoms with Crippen molar-refractivity contribution >= 4 is 11.7 Å². The number of aromatic carboxylic acids is 1. The molecule has 0 saturated heterocycles. The van der Waals surface area contributed by atoms with Gasteiger partial charge in [0, 0.05) is 6.07 Å². The zero-order chi connectivity index (χ0) is 14.0. The van der Waals surface area contributed by atoms with Crippen molar-refractivity contribution in [2.45, 2.75) is 0 Å². The number of hydrogen-bond donors (Lipinski definition) is 1. The van der Waals surface area contributed by atoms with E-state index in [1.54, 1.807) is 6.07 Å². The molecule has 19 heavy (non-hydrogen) atoms. The molecule has 0 aliphatic carbocycles. The number of nitrogens with zero attached hydrogens (tertiary/aromatic N) is 6. The van der Waals surface area contributed by atoms with Gasteiger partial charge in [0.1, 0.15) is 12.4 Å². The zero-order valence-electron chi connectivity index (χ0n) is 9.09. The van der Waals surface area contributed by atoms with Gasteiger partial charge in [-0.15, -0.1) is 5.10 Å². The minimum atomic E-state index is -1.34. The Bertz CT molecular complexity index is 716.